The van der Waals surface area contributed by atoms with E-state index in [1.165, 1.54) is 0 Å². The molecule has 19 heavy (non-hydrogen) atoms. The van der Waals surface area contributed by atoms with Crippen molar-refractivity contribution >= 4 is 15.9 Å². The number of likely N-dealkylation sites (N-methyl/N-ethyl adjacent to an activating group) is 1. The summed E-state index contributed by atoms with van der Waals surface area (Å²) in [5.41, 5.74) is 1.25. The zero-order chi connectivity index (χ0) is 14.3. The topological polar surface area (TPSA) is 75.3 Å². The van der Waals surface area contributed by atoms with Crippen molar-refractivity contribution < 1.29 is 13.2 Å². The van der Waals surface area contributed by atoms with Crippen LogP contribution < -0.4 is 10.0 Å². The van der Waals surface area contributed by atoms with Crippen molar-refractivity contribution in [1.29, 1.82) is 0 Å². The minimum atomic E-state index is -3.53. The largest absolute Gasteiger partial charge is 0.319 e. The lowest BCUT2D eigenvalue weighted by atomic mass is 10.0. The van der Waals surface area contributed by atoms with E-state index < -0.39 is 15.9 Å². The zero-order valence-corrected chi connectivity index (χ0v) is 12.1. The minimum absolute atomic E-state index is 0.0442. The molecule has 1 amide bonds. The number of nitrogens with one attached hydrogen (secondary N) is 2. The van der Waals surface area contributed by atoms with E-state index in [0.29, 0.717) is 18.4 Å². The Morgan fingerprint density at radius 1 is 1.26 bits per heavy atom. The highest BCUT2D eigenvalue weighted by molar-refractivity contribution is 7.90. The van der Waals surface area contributed by atoms with E-state index in [9.17, 15) is 13.2 Å². The lowest BCUT2D eigenvalue weighted by molar-refractivity contribution is 0.0980. The fourth-order valence-electron chi connectivity index (χ4n) is 1.74. The molecule has 1 rings (SSSR count). The Morgan fingerprint density at radius 2 is 1.95 bits per heavy atom. The van der Waals surface area contributed by atoms with Crippen molar-refractivity contribution in [2.45, 2.75) is 19.8 Å². The number of carbonyl (C=O) groups is 1. The molecule has 0 radical (unpaired) electrons. The molecule has 0 saturated carbocycles. The third-order valence-electron chi connectivity index (χ3n) is 2.63. The van der Waals surface area contributed by atoms with Gasteiger partial charge in [0, 0.05) is 5.56 Å². The molecule has 2 N–H and O–H groups in total. The number of hydrogen-bond acceptors (Lipinski definition) is 4. The fraction of sp³-hybridized carbons (Fsp3) is 0.462. The number of rotatable bonds is 7. The normalized spacial score (nSPS) is 11.3. The summed E-state index contributed by atoms with van der Waals surface area (Å²) in [7, 11) is -1.70. The fourth-order valence-corrected chi connectivity index (χ4v) is 2.77. The number of carbonyl (C=O) groups excluding carboxylic acids is 1. The monoisotopic (exact) mass is 284 g/mol. The summed E-state index contributed by atoms with van der Waals surface area (Å²) in [6.45, 7) is 2.48. The standard InChI is InChI=1S/C13H20N2O3S/c1-3-10-19(17,18)15-13(16)12-7-5-4-6-11(12)8-9-14-2/h4-7,14H,3,8-10H2,1-2H3,(H,15,16). The maximum atomic E-state index is 12.0. The van der Waals surface area contributed by atoms with Crippen LogP contribution in [0.5, 0.6) is 0 Å². The second-order valence-electron chi connectivity index (χ2n) is 4.26. The second-order valence-corrected chi connectivity index (χ2v) is 6.10. The molecule has 0 aliphatic carbocycles. The van der Waals surface area contributed by atoms with E-state index in [2.05, 4.69) is 10.0 Å². The molecule has 5 nitrogen and oxygen atoms in total. The summed E-state index contributed by atoms with van der Waals surface area (Å²) in [4.78, 5) is 12.0. The van der Waals surface area contributed by atoms with E-state index in [4.69, 9.17) is 0 Å². The first kappa shape index (κ1) is 15.7. The number of sulfonamides is 1. The minimum Gasteiger partial charge on any atom is -0.319 e. The Kier molecular flexibility index (Phi) is 5.98. The third-order valence-corrected chi connectivity index (χ3v) is 4.07. The van der Waals surface area contributed by atoms with Crippen LogP contribution in [0.3, 0.4) is 0 Å². The van der Waals surface area contributed by atoms with Gasteiger partial charge in [-0.05, 0) is 38.1 Å². The van der Waals surface area contributed by atoms with Gasteiger partial charge in [0.1, 0.15) is 0 Å². The Balaban J connectivity index is 2.87. The van der Waals surface area contributed by atoms with Gasteiger partial charge >= 0.3 is 0 Å². The number of hydrogen-bond donors (Lipinski definition) is 2. The van der Waals surface area contributed by atoms with E-state index in [1.54, 1.807) is 19.1 Å². The van der Waals surface area contributed by atoms with Gasteiger partial charge in [0.25, 0.3) is 5.91 Å². The quantitative estimate of drug-likeness (QED) is 0.780. The van der Waals surface area contributed by atoms with Crippen LogP contribution in [0.25, 0.3) is 0 Å². The van der Waals surface area contributed by atoms with Crippen LogP contribution >= 0.6 is 0 Å². The van der Waals surface area contributed by atoms with Crippen molar-refractivity contribution in [3.63, 3.8) is 0 Å². The van der Waals surface area contributed by atoms with Crippen LogP contribution in [0.2, 0.25) is 0 Å². The third kappa shape index (κ3) is 5.00. The molecule has 0 atom stereocenters. The van der Waals surface area contributed by atoms with Crippen LogP contribution in [0.1, 0.15) is 29.3 Å². The van der Waals surface area contributed by atoms with Crippen LogP contribution in [0.15, 0.2) is 24.3 Å². The van der Waals surface area contributed by atoms with Gasteiger partial charge in [-0.3, -0.25) is 4.79 Å². The predicted molar refractivity (Wildman–Crippen MR) is 75.6 cm³/mol. The molecule has 1 aromatic rings. The maximum Gasteiger partial charge on any atom is 0.265 e. The molecule has 0 aliphatic heterocycles. The van der Waals surface area contributed by atoms with Gasteiger partial charge in [-0.1, -0.05) is 25.1 Å². The molecule has 106 valence electrons. The molecule has 0 spiro atoms. The zero-order valence-electron chi connectivity index (χ0n) is 11.3. The number of amides is 1. The summed E-state index contributed by atoms with van der Waals surface area (Å²) in [5, 5.41) is 3.00. The van der Waals surface area contributed by atoms with Gasteiger partial charge in [0.05, 0.1) is 5.75 Å². The molecule has 0 heterocycles. The first-order chi connectivity index (χ1) is 9.00. The molecule has 0 unspecified atom stereocenters. The van der Waals surface area contributed by atoms with E-state index in [-0.39, 0.29) is 5.75 Å². The molecule has 6 heteroatoms. The van der Waals surface area contributed by atoms with Crippen LogP contribution in [-0.2, 0) is 16.4 Å². The lowest BCUT2D eigenvalue weighted by Gasteiger charge is -2.10. The highest BCUT2D eigenvalue weighted by Crippen LogP contribution is 2.10. The summed E-state index contributed by atoms with van der Waals surface area (Å²) in [5.74, 6) is -0.600. The van der Waals surface area contributed by atoms with Crippen molar-refractivity contribution in [1.82, 2.24) is 10.0 Å². The van der Waals surface area contributed by atoms with Crippen LogP contribution in [0, 0.1) is 0 Å². The molecule has 0 saturated heterocycles. The average Bonchev–Trinajstić information content (AvgIpc) is 2.36. The van der Waals surface area contributed by atoms with Gasteiger partial charge < -0.3 is 5.32 Å². The van der Waals surface area contributed by atoms with E-state index in [1.807, 2.05) is 19.2 Å². The Morgan fingerprint density at radius 3 is 2.58 bits per heavy atom. The summed E-state index contributed by atoms with van der Waals surface area (Å²) >= 11 is 0. The summed E-state index contributed by atoms with van der Waals surface area (Å²) < 4.78 is 25.3. The first-order valence-electron chi connectivity index (χ1n) is 6.27. The summed E-state index contributed by atoms with van der Waals surface area (Å²) in [6.07, 6.45) is 1.15. The molecule has 0 bridgehead atoms. The van der Waals surface area contributed by atoms with Gasteiger partial charge in [-0.2, -0.15) is 0 Å². The molecular weight excluding hydrogens is 264 g/mol. The van der Waals surface area contributed by atoms with Gasteiger partial charge in [-0.25, -0.2) is 13.1 Å². The molecule has 0 aromatic heterocycles. The van der Waals surface area contributed by atoms with Crippen molar-refractivity contribution in [3.8, 4) is 0 Å². The van der Waals surface area contributed by atoms with Gasteiger partial charge in [-0.15, -0.1) is 0 Å². The Bertz CT molecular complexity index is 526. The van der Waals surface area contributed by atoms with Crippen molar-refractivity contribution in [2.24, 2.45) is 0 Å². The first-order valence-corrected chi connectivity index (χ1v) is 7.92. The molecular formula is C13H20N2O3S. The highest BCUT2D eigenvalue weighted by atomic mass is 32.2. The maximum absolute atomic E-state index is 12.0. The average molecular weight is 284 g/mol. The Labute approximate surface area is 114 Å². The predicted octanol–water partition coefficient (Wildman–Crippen LogP) is 0.918. The Hall–Kier alpha value is -1.40. The SMILES string of the molecule is CCCS(=O)(=O)NC(=O)c1ccccc1CCNC. The van der Waals surface area contributed by atoms with Gasteiger partial charge in [0.2, 0.25) is 10.0 Å². The molecule has 0 fully saturated rings. The number of benzene rings is 1. The van der Waals surface area contributed by atoms with E-state index in [0.717, 1.165) is 12.1 Å². The summed E-state index contributed by atoms with van der Waals surface area (Å²) in [6, 6.07) is 7.03. The van der Waals surface area contributed by atoms with Crippen LogP contribution in [0.4, 0.5) is 0 Å². The molecule has 1 aromatic carbocycles. The lowest BCUT2D eigenvalue weighted by Crippen LogP contribution is -2.33. The molecule has 0 aliphatic rings. The van der Waals surface area contributed by atoms with Crippen molar-refractivity contribution in [3.05, 3.63) is 35.4 Å². The van der Waals surface area contributed by atoms with E-state index >= 15 is 0 Å². The van der Waals surface area contributed by atoms with Gasteiger partial charge in [0.15, 0.2) is 0 Å². The van der Waals surface area contributed by atoms with Crippen LogP contribution in [-0.4, -0.2) is 33.7 Å². The highest BCUT2D eigenvalue weighted by Gasteiger charge is 2.17. The van der Waals surface area contributed by atoms with Crippen molar-refractivity contribution in [2.75, 3.05) is 19.3 Å². The smallest absolute Gasteiger partial charge is 0.265 e. The second kappa shape index (κ2) is 7.25.